The van der Waals surface area contributed by atoms with Crippen molar-refractivity contribution in [3.8, 4) is 10.8 Å². The van der Waals surface area contributed by atoms with Gasteiger partial charge in [0.1, 0.15) is 11.5 Å². The number of furan rings is 1. The molecular weight excluding hydrogens is 288 g/mol. The lowest BCUT2D eigenvalue weighted by atomic mass is 10.1. The van der Waals surface area contributed by atoms with Crippen molar-refractivity contribution >= 4 is 17.2 Å². The standard InChI is InChI=1S/C15H20N2O3S/c1-5-17(9-15(3,4)19)14(18)11-8-21-13(16-11)12-7-6-10(2)20-12/h6-8,19H,5,9H2,1-4H3. The number of aliphatic hydroxyl groups is 1. The quantitative estimate of drug-likeness (QED) is 0.922. The monoisotopic (exact) mass is 308 g/mol. The van der Waals surface area contributed by atoms with Crippen molar-refractivity contribution in [2.75, 3.05) is 13.1 Å². The molecule has 0 spiro atoms. The predicted octanol–water partition coefficient (Wildman–Crippen LogP) is 2.94. The van der Waals surface area contributed by atoms with Gasteiger partial charge in [0.2, 0.25) is 0 Å². The minimum atomic E-state index is -0.928. The van der Waals surface area contributed by atoms with Crippen molar-refractivity contribution in [1.29, 1.82) is 0 Å². The van der Waals surface area contributed by atoms with Gasteiger partial charge in [-0.05, 0) is 39.8 Å². The zero-order valence-electron chi connectivity index (χ0n) is 12.7. The Bertz CT molecular complexity index is 625. The van der Waals surface area contributed by atoms with Crippen LogP contribution in [-0.4, -0.2) is 39.6 Å². The smallest absolute Gasteiger partial charge is 0.273 e. The first-order chi connectivity index (χ1) is 9.80. The number of hydrogen-bond acceptors (Lipinski definition) is 5. The van der Waals surface area contributed by atoms with E-state index in [1.807, 2.05) is 26.0 Å². The Labute approximate surface area is 128 Å². The number of aromatic nitrogens is 1. The van der Waals surface area contributed by atoms with Crippen LogP contribution in [0.4, 0.5) is 0 Å². The highest BCUT2D eigenvalue weighted by Gasteiger charge is 2.24. The van der Waals surface area contributed by atoms with Gasteiger partial charge in [0.05, 0.1) is 5.60 Å². The van der Waals surface area contributed by atoms with Crippen LogP contribution in [0.2, 0.25) is 0 Å². The van der Waals surface area contributed by atoms with Crippen LogP contribution in [0.1, 0.15) is 37.0 Å². The number of amides is 1. The van der Waals surface area contributed by atoms with Crippen LogP contribution in [-0.2, 0) is 0 Å². The summed E-state index contributed by atoms with van der Waals surface area (Å²) in [6.07, 6.45) is 0. The Morgan fingerprint density at radius 3 is 2.71 bits per heavy atom. The summed E-state index contributed by atoms with van der Waals surface area (Å²) >= 11 is 1.38. The van der Waals surface area contributed by atoms with Crippen LogP contribution in [0.5, 0.6) is 0 Å². The van der Waals surface area contributed by atoms with Gasteiger partial charge in [-0.1, -0.05) is 0 Å². The molecule has 2 heterocycles. The third-order valence-corrected chi connectivity index (χ3v) is 3.78. The third kappa shape index (κ3) is 3.92. The number of rotatable bonds is 5. The van der Waals surface area contributed by atoms with E-state index in [-0.39, 0.29) is 12.5 Å². The third-order valence-electron chi connectivity index (χ3n) is 2.92. The molecule has 0 atom stereocenters. The van der Waals surface area contributed by atoms with E-state index in [0.29, 0.717) is 23.0 Å². The highest BCUT2D eigenvalue weighted by atomic mass is 32.1. The fourth-order valence-electron chi connectivity index (χ4n) is 1.99. The average molecular weight is 308 g/mol. The summed E-state index contributed by atoms with van der Waals surface area (Å²) in [5, 5.41) is 12.3. The van der Waals surface area contributed by atoms with E-state index in [0.717, 1.165) is 5.76 Å². The van der Waals surface area contributed by atoms with Crippen LogP contribution in [0.15, 0.2) is 21.9 Å². The Hall–Kier alpha value is -1.66. The predicted molar refractivity (Wildman–Crippen MR) is 82.4 cm³/mol. The van der Waals surface area contributed by atoms with Crippen molar-refractivity contribution in [1.82, 2.24) is 9.88 Å². The molecule has 2 aromatic rings. The fourth-order valence-corrected chi connectivity index (χ4v) is 2.74. The van der Waals surface area contributed by atoms with Gasteiger partial charge in [0, 0.05) is 18.5 Å². The van der Waals surface area contributed by atoms with Crippen molar-refractivity contribution < 1.29 is 14.3 Å². The number of hydrogen-bond donors (Lipinski definition) is 1. The first-order valence-electron chi connectivity index (χ1n) is 6.84. The van der Waals surface area contributed by atoms with E-state index in [9.17, 15) is 9.90 Å². The molecule has 0 saturated heterocycles. The Morgan fingerprint density at radius 2 is 2.19 bits per heavy atom. The van der Waals surface area contributed by atoms with E-state index in [4.69, 9.17) is 4.42 Å². The SMILES string of the molecule is CCN(CC(C)(C)O)C(=O)c1csc(-c2ccc(C)o2)n1. The van der Waals surface area contributed by atoms with Crippen molar-refractivity contribution in [2.24, 2.45) is 0 Å². The molecule has 2 rings (SSSR count). The molecule has 6 heteroatoms. The molecule has 0 radical (unpaired) electrons. The number of thiazole rings is 1. The van der Waals surface area contributed by atoms with Gasteiger partial charge >= 0.3 is 0 Å². The molecular formula is C15H20N2O3S. The number of carbonyl (C=O) groups excluding carboxylic acids is 1. The van der Waals surface area contributed by atoms with Gasteiger partial charge < -0.3 is 14.4 Å². The Morgan fingerprint density at radius 1 is 1.48 bits per heavy atom. The highest BCUT2D eigenvalue weighted by Crippen LogP contribution is 2.26. The second-order valence-electron chi connectivity index (χ2n) is 5.58. The van der Waals surface area contributed by atoms with E-state index in [1.54, 1.807) is 24.1 Å². The van der Waals surface area contributed by atoms with Crippen LogP contribution < -0.4 is 0 Å². The Kier molecular flexibility index (Phi) is 4.49. The molecule has 2 aromatic heterocycles. The maximum absolute atomic E-state index is 12.4. The minimum Gasteiger partial charge on any atom is -0.459 e. The summed E-state index contributed by atoms with van der Waals surface area (Å²) in [5.74, 6) is 1.30. The van der Waals surface area contributed by atoms with E-state index < -0.39 is 5.60 Å². The molecule has 0 aliphatic heterocycles. The van der Waals surface area contributed by atoms with E-state index >= 15 is 0 Å². The molecule has 0 fully saturated rings. The summed E-state index contributed by atoms with van der Waals surface area (Å²) in [6, 6.07) is 3.71. The second-order valence-corrected chi connectivity index (χ2v) is 6.44. The molecule has 0 bridgehead atoms. The first kappa shape index (κ1) is 15.7. The largest absolute Gasteiger partial charge is 0.459 e. The molecule has 21 heavy (non-hydrogen) atoms. The average Bonchev–Trinajstić information content (AvgIpc) is 3.02. The van der Waals surface area contributed by atoms with Crippen LogP contribution in [0.25, 0.3) is 10.8 Å². The van der Waals surface area contributed by atoms with Crippen molar-refractivity contribution in [2.45, 2.75) is 33.3 Å². The normalized spacial score (nSPS) is 11.7. The topological polar surface area (TPSA) is 66.6 Å². The van der Waals surface area contributed by atoms with Gasteiger partial charge in [-0.25, -0.2) is 4.98 Å². The maximum atomic E-state index is 12.4. The van der Waals surface area contributed by atoms with Crippen molar-refractivity contribution in [3.05, 3.63) is 29.0 Å². The zero-order chi connectivity index (χ0) is 15.6. The molecule has 1 amide bonds. The second kappa shape index (κ2) is 5.99. The van der Waals surface area contributed by atoms with Gasteiger partial charge in [0.15, 0.2) is 10.8 Å². The first-order valence-corrected chi connectivity index (χ1v) is 7.72. The van der Waals surface area contributed by atoms with Crippen molar-refractivity contribution in [3.63, 3.8) is 0 Å². The maximum Gasteiger partial charge on any atom is 0.273 e. The minimum absolute atomic E-state index is 0.176. The zero-order valence-corrected chi connectivity index (χ0v) is 13.5. The number of aryl methyl sites for hydroxylation is 1. The van der Waals surface area contributed by atoms with E-state index in [1.165, 1.54) is 11.3 Å². The van der Waals surface area contributed by atoms with Gasteiger partial charge in [-0.2, -0.15) is 0 Å². The Balaban J connectivity index is 2.18. The lowest BCUT2D eigenvalue weighted by Gasteiger charge is -2.27. The lowest BCUT2D eigenvalue weighted by Crippen LogP contribution is -2.42. The summed E-state index contributed by atoms with van der Waals surface area (Å²) in [6.45, 7) is 7.91. The molecule has 0 aliphatic rings. The van der Waals surface area contributed by atoms with Gasteiger partial charge in [-0.15, -0.1) is 11.3 Å². The molecule has 0 aromatic carbocycles. The molecule has 1 N–H and O–H groups in total. The van der Waals surface area contributed by atoms with E-state index in [2.05, 4.69) is 4.98 Å². The molecule has 0 saturated carbocycles. The van der Waals surface area contributed by atoms with Gasteiger partial charge in [0.25, 0.3) is 5.91 Å². The van der Waals surface area contributed by atoms with Crippen LogP contribution in [0, 0.1) is 6.92 Å². The summed E-state index contributed by atoms with van der Waals surface area (Å²) in [7, 11) is 0. The van der Waals surface area contributed by atoms with Crippen LogP contribution >= 0.6 is 11.3 Å². The fraction of sp³-hybridized carbons (Fsp3) is 0.467. The number of likely N-dealkylation sites (N-methyl/N-ethyl adjacent to an activating group) is 1. The van der Waals surface area contributed by atoms with Gasteiger partial charge in [-0.3, -0.25) is 4.79 Å². The summed E-state index contributed by atoms with van der Waals surface area (Å²) in [5.41, 5.74) is -0.544. The molecule has 0 unspecified atom stereocenters. The highest BCUT2D eigenvalue weighted by molar-refractivity contribution is 7.13. The molecule has 5 nitrogen and oxygen atoms in total. The lowest BCUT2D eigenvalue weighted by molar-refractivity contribution is 0.0312. The molecule has 114 valence electrons. The molecule has 0 aliphatic carbocycles. The number of nitrogens with zero attached hydrogens (tertiary/aromatic N) is 2. The summed E-state index contributed by atoms with van der Waals surface area (Å²) < 4.78 is 5.51. The van der Waals surface area contributed by atoms with Crippen LogP contribution in [0.3, 0.4) is 0 Å². The summed E-state index contributed by atoms with van der Waals surface area (Å²) in [4.78, 5) is 18.4. The number of carbonyl (C=O) groups is 1.